The van der Waals surface area contributed by atoms with Gasteiger partial charge in [0.05, 0.1) is 0 Å². The summed E-state index contributed by atoms with van der Waals surface area (Å²) in [7, 11) is 0. The van der Waals surface area contributed by atoms with Gasteiger partial charge in [0.1, 0.15) is 0 Å². The first-order chi connectivity index (χ1) is 9.33. The van der Waals surface area contributed by atoms with Crippen LogP contribution in [0, 0.1) is 0 Å². The molecule has 2 aromatic rings. The van der Waals surface area contributed by atoms with Crippen molar-refractivity contribution in [3.63, 3.8) is 0 Å². The van der Waals surface area contributed by atoms with Gasteiger partial charge >= 0.3 is 0 Å². The minimum absolute atomic E-state index is 0.481. The van der Waals surface area contributed by atoms with E-state index in [-0.39, 0.29) is 0 Å². The highest BCUT2D eigenvalue weighted by Gasteiger charge is 2.20. The SMILES string of the molecule is CC1=CC=CC1c1ccc2c(c1)Cc1ccccc1-2. The van der Waals surface area contributed by atoms with E-state index in [1.807, 2.05) is 0 Å². The molecule has 0 heterocycles. The van der Waals surface area contributed by atoms with Gasteiger partial charge < -0.3 is 0 Å². The summed E-state index contributed by atoms with van der Waals surface area (Å²) in [5.41, 5.74) is 8.64. The van der Waals surface area contributed by atoms with Gasteiger partial charge in [0.15, 0.2) is 0 Å². The lowest BCUT2D eigenvalue weighted by Crippen LogP contribution is -1.95. The molecule has 0 radical (unpaired) electrons. The molecule has 0 spiro atoms. The highest BCUT2D eigenvalue weighted by atomic mass is 14.2. The fourth-order valence-corrected chi connectivity index (χ4v) is 3.31. The number of hydrogen-bond acceptors (Lipinski definition) is 0. The van der Waals surface area contributed by atoms with Crippen LogP contribution in [0.5, 0.6) is 0 Å². The maximum atomic E-state index is 2.40. The molecule has 0 amide bonds. The molecule has 0 saturated heterocycles. The van der Waals surface area contributed by atoms with Gasteiger partial charge in [-0.05, 0) is 41.2 Å². The maximum Gasteiger partial charge on any atom is 0.0231 e. The molecule has 19 heavy (non-hydrogen) atoms. The van der Waals surface area contributed by atoms with Crippen LogP contribution in [-0.2, 0) is 6.42 Å². The Bertz CT molecular complexity index is 717. The van der Waals surface area contributed by atoms with Crippen LogP contribution in [0.3, 0.4) is 0 Å². The Morgan fingerprint density at radius 3 is 2.63 bits per heavy atom. The highest BCUT2D eigenvalue weighted by molar-refractivity contribution is 5.77. The van der Waals surface area contributed by atoms with Crippen LogP contribution in [0.4, 0.5) is 0 Å². The number of hydrogen-bond donors (Lipinski definition) is 0. The van der Waals surface area contributed by atoms with E-state index < -0.39 is 0 Å². The largest absolute Gasteiger partial charge is 0.0730 e. The molecule has 92 valence electrons. The van der Waals surface area contributed by atoms with Gasteiger partial charge in [-0.1, -0.05) is 66.3 Å². The van der Waals surface area contributed by atoms with Gasteiger partial charge in [0, 0.05) is 5.92 Å². The molecule has 0 heteroatoms. The molecule has 0 nitrogen and oxygen atoms in total. The minimum atomic E-state index is 0.481. The molecule has 0 bridgehead atoms. The smallest absolute Gasteiger partial charge is 0.0231 e. The van der Waals surface area contributed by atoms with Gasteiger partial charge in [-0.2, -0.15) is 0 Å². The summed E-state index contributed by atoms with van der Waals surface area (Å²) in [6, 6.07) is 15.7. The zero-order chi connectivity index (χ0) is 12.8. The predicted molar refractivity (Wildman–Crippen MR) is 80.3 cm³/mol. The predicted octanol–water partition coefficient (Wildman–Crippen LogP) is 4.86. The molecule has 4 rings (SSSR count). The van der Waals surface area contributed by atoms with Crippen LogP contribution in [0.15, 0.2) is 66.3 Å². The third-order valence-electron chi connectivity index (χ3n) is 4.33. The van der Waals surface area contributed by atoms with Crippen molar-refractivity contribution in [1.29, 1.82) is 0 Å². The van der Waals surface area contributed by atoms with E-state index in [4.69, 9.17) is 0 Å². The number of rotatable bonds is 1. The molecule has 0 fully saturated rings. The zero-order valence-corrected chi connectivity index (χ0v) is 11.1. The van der Waals surface area contributed by atoms with E-state index in [0.29, 0.717) is 5.92 Å². The Morgan fingerprint density at radius 2 is 1.79 bits per heavy atom. The van der Waals surface area contributed by atoms with E-state index in [1.165, 1.54) is 33.4 Å². The quantitative estimate of drug-likeness (QED) is 0.573. The van der Waals surface area contributed by atoms with Crippen molar-refractivity contribution in [3.8, 4) is 11.1 Å². The zero-order valence-electron chi connectivity index (χ0n) is 11.1. The second-order valence-electron chi connectivity index (χ2n) is 5.52. The Kier molecular flexibility index (Phi) is 2.25. The molecular formula is C19H16. The molecule has 0 saturated carbocycles. The van der Waals surface area contributed by atoms with Gasteiger partial charge in [-0.25, -0.2) is 0 Å². The van der Waals surface area contributed by atoms with Crippen molar-refractivity contribution < 1.29 is 0 Å². The number of allylic oxidation sites excluding steroid dienone is 4. The Labute approximate surface area is 114 Å². The molecule has 0 N–H and O–H groups in total. The first kappa shape index (κ1) is 10.8. The van der Waals surface area contributed by atoms with E-state index >= 15 is 0 Å². The van der Waals surface area contributed by atoms with Crippen molar-refractivity contribution in [1.82, 2.24) is 0 Å². The lowest BCUT2D eigenvalue weighted by Gasteiger charge is -2.12. The monoisotopic (exact) mass is 244 g/mol. The summed E-state index contributed by atoms with van der Waals surface area (Å²) in [5, 5.41) is 0. The van der Waals surface area contributed by atoms with E-state index in [0.717, 1.165) is 6.42 Å². The first-order valence-corrected chi connectivity index (χ1v) is 6.89. The van der Waals surface area contributed by atoms with E-state index in [2.05, 4.69) is 67.6 Å². The van der Waals surface area contributed by atoms with Crippen LogP contribution in [-0.4, -0.2) is 0 Å². The third-order valence-corrected chi connectivity index (χ3v) is 4.33. The second-order valence-corrected chi connectivity index (χ2v) is 5.52. The van der Waals surface area contributed by atoms with Gasteiger partial charge in [-0.3, -0.25) is 0 Å². The van der Waals surface area contributed by atoms with Gasteiger partial charge in [-0.15, -0.1) is 0 Å². The summed E-state index contributed by atoms with van der Waals surface area (Å²) in [6.07, 6.45) is 7.76. The molecule has 0 aromatic heterocycles. The molecule has 2 aliphatic carbocycles. The van der Waals surface area contributed by atoms with Gasteiger partial charge in [0.25, 0.3) is 0 Å². The Balaban J connectivity index is 1.80. The van der Waals surface area contributed by atoms with Crippen LogP contribution in [0.25, 0.3) is 11.1 Å². The summed E-state index contributed by atoms with van der Waals surface area (Å²) in [6.45, 7) is 2.21. The topological polar surface area (TPSA) is 0 Å². The summed E-state index contributed by atoms with van der Waals surface area (Å²) in [4.78, 5) is 0. The molecule has 0 aliphatic heterocycles. The molecule has 2 aliphatic rings. The van der Waals surface area contributed by atoms with E-state index in [9.17, 15) is 0 Å². The van der Waals surface area contributed by atoms with Crippen molar-refractivity contribution in [2.75, 3.05) is 0 Å². The lowest BCUT2D eigenvalue weighted by atomic mass is 9.92. The maximum absolute atomic E-state index is 2.40. The average Bonchev–Trinajstić information content (AvgIpc) is 3.01. The standard InChI is InChI=1S/C19H16/c1-13-5-4-8-17(13)15-9-10-19-16(12-15)11-14-6-2-3-7-18(14)19/h2-10,12,17H,11H2,1H3. The van der Waals surface area contributed by atoms with Crippen molar-refractivity contribution in [3.05, 3.63) is 83.0 Å². The van der Waals surface area contributed by atoms with Crippen molar-refractivity contribution in [2.24, 2.45) is 0 Å². The molecule has 1 atom stereocenters. The average molecular weight is 244 g/mol. The fraction of sp³-hybridized carbons (Fsp3) is 0.158. The summed E-state index contributed by atoms with van der Waals surface area (Å²) in [5.74, 6) is 0.481. The highest BCUT2D eigenvalue weighted by Crippen LogP contribution is 2.39. The second kappa shape index (κ2) is 3.96. The lowest BCUT2D eigenvalue weighted by molar-refractivity contribution is 1.01. The van der Waals surface area contributed by atoms with Gasteiger partial charge in [0.2, 0.25) is 0 Å². The Morgan fingerprint density at radius 1 is 0.947 bits per heavy atom. The Hall–Kier alpha value is -2.08. The molecular weight excluding hydrogens is 228 g/mol. The normalized spacial score (nSPS) is 19.2. The minimum Gasteiger partial charge on any atom is -0.0730 e. The van der Waals surface area contributed by atoms with Crippen molar-refractivity contribution >= 4 is 0 Å². The van der Waals surface area contributed by atoms with Crippen LogP contribution in [0.2, 0.25) is 0 Å². The summed E-state index contributed by atoms with van der Waals surface area (Å²) < 4.78 is 0. The van der Waals surface area contributed by atoms with Crippen LogP contribution in [0.1, 0.15) is 29.5 Å². The summed E-state index contributed by atoms with van der Waals surface area (Å²) >= 11 is 0. The third kappa shape index (κ3) is 1.60. The van der Waals surface area contributed by atoms with Crippen LogP contribution < -0.4 is 0 Å². The first-order valence-electron chi connectivity index (χ1n) is 6.89. The fourth-order valence-electron chi connectivity index (χ4n) is 3.31. The van der Waals surface area contributed by atoms with E-state index in [1.54, 1.807) is 0 Å². The molecule has 1 unspecified atom stereocenters. The van der Waals surface area contributed by atoms with Crippen LogP contribution >= 0.6 is 0 Å². The number of fused-ring (bicyclic) bond motifs is 3. The molecule has 2 aromatic carbocycles. The number of benzene rings is 2. The van der Waals surface area contributed by atoms with Crippen molar-refractivity contribution in [2.45, 2.75) is 19.3 Å².